The van der Waals surface area contributed by atoms with Crippen LogP contribution in [0.15, 0.2) is 0 Å². The summed E-state index contributed by atoms with van der Waals surface area (Å²) >= 11 is 0. The molecule has 1 saturated carbocycles. The Labute approximate surface area is 113 Å². The molecule has 0 aromatic heterocycles. The lowest BCUT2D eigenvalue weighted by atomic mass is 10.2. The van der Waals surface area contributed by atoms with Gasteiger partial charge in [0.15, 0.2) is 0 Å². The highest BCUT2D eigenvalue weighted by atomic mass is 15.3. The Bertz CT molecular complexity index is 216. The van der Waals surface area contributed by atoms with Crippen molar-refractivity contribution in [2.24, 2.45) is 0 Å². The molecule has 18 heavy (non-hydrogen) atoms. The van der Waals surface area contributed by atoms with E-state index in [4.69, 9.17) is 0 Å². The first-order valence-corrected chi connectivity index (χ1v) is 7.95. The quantitative estimate of drug-likeness (QED) is 0.730. The molecule has 106 valence electrons. The third-order valence-electron chi connectivity index (χ3n) is 4.45. The van der Waals surface area contributed by atoms with Crippen LogP contribution in [0.2, 0.25) is 0 Å². The van der Waals surface area contributed by atoms with Gasteiger partial charge in [0.1, 0.15) is 0 Å². The summed E-state index contributed by atoms with van der Waals surface area (Å²) in [6.07, 6.45) is 7.13. The van der Waals surface area contributed by atoms with Gasteiger partial charge in [-0.05, 0) is 32.4 Å². The Balaban J connectivity index is 1.55. The van der Waals surface area contributed by atoms with Crippen molar-refractivity contribution < 1.29 is 0 Å². The van der Waals surface area contributed by atoms with Gasteiger partial charge in [0.25, 0.3) is 0 Å². The van der Waals surface area contributed by atoms with E-state index < -0.39 is 0 Å². The van der Waals surface area contributed by atoms with Gasteiger partial charge in [-0.25, -0.2) is 0 Å². The summed E-state index contributed by atoms with van der Waals surface area (Å²) in [5.74, 6) is 0. The molecule has 1 N–H and O–H groups in total. The fraction of sp³-hybridized carbons (Fsp3) is 1.00. The summed E-state index contributed by atoms with van der Waals surface area (Å²) in [6.45, 7) is 12.1. The van der Waals surface area contributed by atoms with E-state index in [2.05, 4.69) is 29.0 Å². The molecule has 1 aliphatic heterocycles. The molecule has 3 nitrogen and oxygen atoms in total. The molecule has 0 unspecified atom stereocenters. The summed E-state index contributed by atoms with van der Waals surface area (Å²) in [4.78, 5) is 5.39. The highest BCUT2D eigenvalue weighted by molar-refractivity contribution is 4.81. The summed E-state index contributed by atoms with van der Waals surface area (Å²) in [5.41, 5.74) is 0. The number of nitrogens with zero attached hydrogens (tertiary/aromatic N) is 2. The van der Waals surface area contributed by atoms with Crippen LogP contribution in [-0.2, 0) is 0 Å². The monoisotopic (exact) mass is 253 g/mol. The maximum absolute atomic E-state index is 3.50. The van der Waals surface area contributed by atoms with Crippen molar-refractivity contribution in [3.63, 3.8) is 0 Å². The fourth-order valence-electron chi connectivity index (χ4n) is 3.31. The highest BCUT2D eigenvalue weighted by Crippen LogP contribution is 2.24. The smallest absolute Gasteiger partial charge is 0.0113 e. The Morgan fingerprint density at radius 2 is 1.72 bits per heavy atom. The summed E-state index contributed by atoms with van der Waals surface area (Å²) in [5, 5.41) is 3.50. The number of nitrogens with one attached hydrogen (secondary N) is 1. The molecule has 0 aromatic rings. The van der Waals surface area contributed by atoms with Crippen LogP contribution in [0.25, 0.3) is 0 Å². The molecule has 0 spiro atoms. The number of hydrogen-bond acceptors (Lipinski definition) is 3. The van der Waals surface area contributed by atoms with E-state index in [0.29, 0.717) is 6.04 Å². The molecular formula is C15H31N3. The van der Waals surface area contributed by atoms with Crippen molar-refractivity contribution >= 4 is 0 Å². The molecule has 2 aliphatic rings. The molecular weight excluding hydrogens is 222 g/mol. The van der Waals surface area contributed by atoms with Crippen LogP contribution < -0.4 is 5.32 Å². The topological polar surface area (TPSA) is 18.5 Å². The van der Waals surface area contributed by atoms with E-state index in [1.165, 1.54) is 71.4 Å². The van der Waals surface area contributed by atoms with Crippen molar-refractivity contribution in [3.05, 3.63) is 0 Å². The minimum absolute atomic E-state index is 0.629. The standard InChI is InChI=1S/C15H31N3/c1-14(2)16-8-5-9-17-10-12-18(13-11-17)15-6-3-4-7-15/h14-16H,3-13H2,1-2H3. The van der Waals surface area contributed by atoms with E-state index in [1.807, 2.05) is 0 Å². The van der Waals surface area contributed by atoms with Crippen LogP contribution >= 0.6 is 0 Å². The van der Waals surface area contributed by atoms with E-state index >= 15 is 0 Å². The van der Waals surface area contributed by atoms with Gasteiger partial charge < -0.3 is 10.2 Å². The summed E-state index contributed by atoms with van der Waals surface area (Å²) in [7, 11) is 0. The third-order valence-corrected chi connectivity index (χ3v) is 4.45. The molecule has 0 bridgehead atoms. The molecule has 0 amide bonds. The summed E-state index contributed by atoms with van der Waals surface area (Å²) in [6, 6.07) is 1.55. The molecule has 0 atom stereocenters. The maximum atomic E-state index is 3.50. The van der Waals surface area contributed by atoms with Gasteiger partial charge in [-0.1, -0.05) is 26.7 Å². The molecule has 2 rings (SSSR count). The summed E-state index contributed by atoms with van der Waals surface area (Å²) < 4.78 is 0. The lowest BCUT2D eigenvalue weighted by molar-refractivity contribution is 0.0971. The third kappa shape index (κ3) is 4.52. The van der Waals surface area contributed by atoms with Crippen LogP contribution in [-0.4, -0.2) is 61.2 Å². The Morgan fingerprint density at radius 3 is 2.33 bits per heavy atom. The first-order chi connectivity index (χ1) is 8.75. The van der Waals surface area contributed by atoms with Crippen LogP contribution in [0.1, 0.15) is 46.0 Å². The van der Waals surface area contributed by atoms with Crippen LogP contribution in [0.4, 0.5) is 0 Å². The zero-order chi connectivity index (χ0) is 12.8. The zero-order valence-corrected chi connectivity index (χ0v) is 12.3. The molecule has 2 fully saturated rings. The molecule has 1 heterocycles. The van der Waals surface area contributed by atoms with E-state index in [9.17, 15) is 0 Å². The van der Waals surface area contributed by atoms with E-state index in [0.717, 1.165) is 6.04 Å². The van der Waals surface area contributed by atoms with Crippen molar-refractivity contribution in [1.29, 1.82) is 0 Å². The molecule has 0 radical (unpaired) electrons. The van der Waals surface area contributed by atoms with Crippen LogP contribution in [0.5, 0.6) is 0 Å². The van der Waals surface area contributed by atoms with Crippen molar-refractivity contribution in [3.8, 4) is 0 Å². The SMILES string of the molecule is CC(C)NCCCN1CCN(C2CCCC2)CC1. The first kappa shape index (κ1) is 14.3. The highest BCUT2D eigenvalue weighted by Gasteiger charge is 2.25. The van der Waals surface area contributed by atoms with E-state index in [1.54, 1.807) is 0 Å². The fourth-order valence-corrected chi connectivity index (χ4v) is 3.31. The van der Waals surface area contributed by atoms with Crippen molar-refractivity contribution in [1.82, 2.24) is 15.1 Å². The Hall–Kier alpha value is -0.120. The van der Waals surface area contributed by atoms with Gasteiger partial charge in [-0.3, -0.25) is 4.90 Å². The first-order valence-electron chi connectivity index (χ1n) is 7.95. The van der Waals surface area contributed by atoms with Crippen LogP contribution in [0.3, 0.4) is 0 Å². The van der Waals surface area contributed by atoms with Gasteiger partial charge in [-0.15, -0.1) is 0 Å². The number of rotatable bonds is 6. The second-order valence-corrected chi connectivity index (χ2v) is 6.28. The molecule has 3 heteroatoms. The average Bonchev–Trinajstić information content (AvgIpc) is 2.89. The van der Waals surface area contributed by atoms with Crippen LogP contribution in [0, 0.1) is 0 Å². The average molecular weight is 253 g/mol. The predicted octanol–water partition coefficient (Wildman–Crippen LogP) is 1.93. The van der Waals surface area contributed by atoms with Gasteiger partial charge in [0, 0.05) is 38.3 Å². The zero-order valence-electron chi connectivity index (χ0n) is 12.3. The molecule has 1 saturated heterocycles. The van der Waals surface area contributed by atoms with Crippen molar-refractivity contribution in [2.75, 3.05) is 39.3 Å². The van der Waals surface area contributed by atoms with Gasteiger partial charge in [0.05, 0.1) is 0 Å². The molecule has 1 aliphatic carbocycles. The molecule has 0 aromatic carbocycles. The number of piperazine rings is 1. The van der Waals surface area contributed by atoms with E-state index in [-0.39, 0.29) is 0 Å². The lowest BCUT2D eigenvalue weighted by Gasteiger charge is -2.38. The Morgan fingerprint density at radius 1 is 1.06 bits per heavy atom. The normalized spacial score (nSPS) is 24.2. The van der Waals surface area contributed by atoms with Crippen molar-refractivity contribution in [2.45, 2.75) is 58.0 Å². The van der Waals surface area contributed by atoms with Gasteiger partial charge in [0.2, 0.25) is 0 Å². The maximum Gasteiger partial charge on any atom is 0.0113 e. The lowest BCUT2D eigenvalue weighted by Crippen LogP contribution is -2.50. The largest absolute Gasteiger partial charge is 0.314 e. The van der Waals surface area contributed by atoms with Gasteiger partial charge in [-0.2, -0.15) is 0 Å². The second-order valence-electron chi connectivity index (χ2n) is 6.28. The minimum Gasteiger partial charge on any atom is -0.314 e. The second kappa shape index (κ2) is 7.46. The van der Waals surface area contributed by atoms with Gasteiger partial charge >= 0.3 is 0 Å². The minimum atomic E-state index is 0.629. The Kier molecular flexibility index (Phi) is 5.93. The predicted molar refractivity (Wildman–Crippen MR) is 78.0 cm³/mol. The number of hydrogen-bond donors (Lipinski definition) is 1.